The Labute approximate surface area is 119 Å². The summed E-state index contributed by atoms with van der Waals surface area (Å²) >= 11 is 0. The molecule has 0 bridgehead atoms. The van der Waals surface area contributed by atoms with Gasteiger partial charge in [-0.1, -0.05) is 20.8 Å². The second-order valence-electron chi connectivity index (χ2n) is 7.09. The molecule has 20 heavy (non-hydrogen) atoms. The van der Waals surface area contributed by atoms with E-state index in [1.54, 1.807) is 0 Å². The van der Waals surface area contributed by atoms with E-state index in [1.165, 1.54) is 0 Å². The number of hydrogen-bond donors (Lipinski definition) is 3. The number of esters is 1. The Morgan fingerprint density at radius 2 is 1.90 bits per heavy atom. The molecule has 6 heteroatoms. The molecule has 3 N–H and O–H groups in total. The Hall–Kier alpha value is -0.690. The second kappa shape index (κ2) is 5.60. The first-order chi connectivity index (χ1) is 9.19. The summed E-state index contributed by atoms with van der Waals surface area (Å²) in [7, 11) is 0. The summed E-state index contributed by atoms with van der Waals surface area (Å²) in [6.07, 6.45) is -2.77. The first kappa shape index (κ1) is 15.7. The van der Waals surface area contributed by atoms with E-state index in [4.69, 9.17) is 4.74 Å². The van der Waals surface area contributed by atoms with Gasteiger partial charge in [0.25, 0.3) is 0 Å². The van der Waals surface area contributed by atoms with E-state index in [0.717, 1.165) is 0 Å². The third kappa shape index (κ3) is 3.31. The van der Waals surface area contributed by atoms with E-state index in [-0.39, 0.29) is 17.8 Å². The van der Waals surface area contributed by atoms with Crippen LogP contribution in [0.2, 0.25) is 0 Å². The Morgan fingerprint density at radius 1 is 1.25 bits per heavy atom. The summed E-state index contributed by atoms with van der Waals surface area (Å²) in [5, 5.41) is 30.0. The molecule has 0 aromatic carbocycles. The summed E-state index contributed by atoms with van der Waals surface area (Å²) in [4.78, 5) is 13.7. The van der Waals surface area contributed by atoms with Crippen molar-refractivity contribution in [2.75, 3.05) is 13.1 Å². The number of rotatable bonds is 2. The van der Waals surface area contributed by atoms with E-state index in [9.17, 15) is 20.1 Å². The molecule has 0 spiro atoms. The fourth-order valence-electron chi connectivity index (χ4n) is 3.03. The van der Waals surface area contributed by atoms with Crippen molar-refractivity contribution in [2.45, 2.75) is 64.1 Å². The van der Waals surface area contributed by atoms with Gasteiger partial charge in [0.15, 0.2) is 0 Å². The second-order valence-corrected chi connectivity index (χ2v) is 7.09. The third-order valence-electron chi connectivity index (χ3n) is 3.98. The number of piperidine rings is 1. The Kier molecular flexibility index (Phi) is 4.39. The Balaban J connectivity index is 1.98. The smallest absolute Gasteiger partial charge is 0.306 e. The van der Waals surface area contributed by atoms with Gasteiger partial charge in [-0.2, -0.15) is 0 Å². The minimum atomic E-state index is -1.15. The molecule has 2 aliphatic rings. The molecule has 0 amide bonds. The van der Waals surface area contributed by atoms with E-state index in [1.807, 2.05) is 25.7 Å². The fraction of sp³-hybridized carbons (Fsp3) is 0.929. The summed E-state index contributed by atoms with van der Waals surface area (Å²) < 4.78 is 5.32. The highest BCUT2D eigenvalue weighted by molar-refractivity contribution is 5.70. The Morgan fingerprint density at radius 3 is 2.50 bits per heavy atom. The van der Waals surface area contributed by atoms with Crippen molar-refractivity contribution < 1.29 is 24.9 Å². The fourth-order valence-corrected chi connectivity index (χ4v) is 3.03. The maximum atomic E-state index is 11.9. The van der Waals surface area contributed by atoms with Crippen LogP contribution in [-0.4, -0.2) is 69.7 Å². The van der Waals surface area contributed by atoms with Crippen LogP contribution in [0.4, 0.5) is 0 Å². The lowest BCUT2D eigenvalue weighted by Crippen LogP contribution is -2.62. The molecule has 0 saturated carbocycles. The SMILES string of the molecule is CC(C)(C)CC(=O)O[C@H]1CN2CC[C@H](O)C2[C@@H](O)[C@@H]1O. The number of nitrogens with zero attached hydrogens (tertiary/aromatic N) is 1. The average Bonchev–Trinajstić information content (AvgIpc) is 2.64. The summed E-state index contributed by atoms with van der Waals surface area (Å²) in [6, 6.07) is -0.456. The predicted octanol–water partition coefficient (Wildman–Crippen LogP) is -0.495. The lowest BCUT2D eigenvalue weighted by Gasteiger charge is -2.42. The van der Waals surface area contributed by atoms with Gasteiger partial charge in [-0.05, 0) is 11.8 Å². The number of hydrogen-bond acceptors (Lipinski definition) is 6. The van der Waals surface area contributed by atoms with E-state index >= 15 is 0 Å². The van der Waals surface area contributed by atoms with Gasteiger partial charge in [-0.25, -0.2) is 0 Å². The number of aliphatic hydroxyl groups excluding tert-OH is 3. The number of carbonyl (C=O) groups is 1. The van der Waals surface area contributed by atoms with Crippen LogP contribution in [-0.2, 0) is 9.53 Å². The van der Waals surface area contributed by atoms with Gasteiger partial charge in [0.1, 0.15) is 18.3 Å². The van der Waals surface area contributed by atoms with Crippen LogP contribution in [0.25, 0.3) is 0 Å². The van der Waals surface area contributed by atoms with Crippen LogP contribution in [0.15, 0.2) is 0 Å². The molecule has 2 saturated heterocycles. The van der Waals surface area contributed by atoms with Gasteiger partial charge < -0.3 is 20.1 Å². The number of aliphatic hydroxyl groups is 3. The van der Waals surface area contributed by atoms with Crippen LogP contribution in [0, 0.1) is 5.41 Å². The van der Waals surface area contributed by atoms with Crippen LogP contribution < -0.4 is 0 Å². The first-order valence-corrected chi connectivity index (χ1v) is 7.17. The van der Waals surface area contributed by atoms with Crippen LogP contribution in [0.3, 0.4) is 0 Å². The van der Waals surface area contributed by atoms with Gasteiger partial charge in [-0.15, -0.1) is 0 Å². The van der Waals surface area contributed by atoms with Crippen LogP contribution in [0.1, 0.15) is 33.6 Å². The van der Waals surface area contributed by atoms with Crippen molar-refractivity contribution in [3.05, 3.63) is 0 Å². The van der Waals surface area contributed by atoms with E-state index in [2.05, 4.69) is 0 Å². The van der Waals surface area contributed by atoms with Gasteiger partial charge >= 0.3 is 5.97 Å². The largest absolute Gasteiger partial charge is 0.458 e. The maximum absolute atomic E-state index is 11.9. The summed E-state index contributed by atoms with van der Waals surface area (Å²) in [5.41, 5.74) is -0.179. The maximum Gasteiger partial charge on any atom is 0.306 e. The molecule has 2 rings (SSSR count). The molecule has 2 heterocycles. The minimum Gasteiger partial charge on any atom is -0.458 e. The normalized spacial score (nSPS) is 38.6. The quantitative estimate of drug-likeness (QED) is 0.594. The average molecular weight is 287 g/mol. The monoisotopic (exact) mass is 287 g/mol. The molecule has 0 aromatic rings. The molecular weight excluding hydrogens is 262 g/mol. The highest BCUT2D eigenvalue weighted by Crippen LogP contribution is 2.30. The number of carbonyl (C=O) groups excluding carboxylic acids is 1. The van der Waals surface area contributed by atoms with E-state index < -0.39 is 30.5 Å². The predicted molar refractivity (Wildman–Crippen MR) is 72.0 cm³/mol. The van der Waals surface area contributed by atoms with Crippen molar-refractivity contribution in [1.82, 2.24) is 4.90 Å². The molecule has 0 aromatic heterocycles. The van der Waals surface area contributed by atoms with Crippen LogP contribution in [0.5, 0.6) is 0 Å². The van der Waals surface area contributed by atoms with Crippen molar-refractivity contribution in [3.8, 4) is 0 Å². The van der Waals surface area contributed by atoms with Crippen LogP contribution >= 0.6 is 0 Å². The zero-order chi connectivity index (χ0) is 15.1. The van der Waals surface area contributed by atoms with Crippen molar-refractivity contribution in [1.29, 1.82) is 0 Å². The first-order valence-electron chi connectivity index (χ1n) is 7.17. The van der Waals surface area contributed by atoms with Crippen molar-refractivity contribution in [2.24, 2.45) is 5.41 Å². The topological polar surface area (TPSA) is 90.2 Å². The number of ether oxygens (including phenoxy) is 1. The lowest BCUT2D eigenvalue weighted by molar-refractivity contribution is -0.180. The molecule has 0 aliphatic carbocycles. The van der Waals surface area contributed by atoms with E-state index in [0.29, 0.717) is 19.5 Å². The summed E-state index contributed by atoms with van der Waals surface area (Å²) in [6.45, 7) is 6.81. The zero-order valence-electron chi connectivity index (χ0n) is 12.3. The third-order valence-corrected chi connectivity index (χ3v) is 3.98. The molecule has 2 aliphatic heterocycles. The van der Waals surface area contributed by atoms with Crippen molar-refractivity contribution in [3.63, 3.8) is 0 Å². The molecule has 0 radical (unpaired) electrons. The Bertz CT molecular complexity index is 367. The van der Waals surface area contributed by atoms with Gasteiger partial charge in [0.05, 0.1) is 18.6 Å². The lowest BCUT2D eigenvalue weighted by atomic mass is 9.91. The summed E-state index contributed by atoms with van der Waals surface area (Å²) in [5.74, 6) is -0.369. The molecule has 6 nitrogen and oxygen atoms in total. The standard InChI is InChI=1S/C14H25NO5/c1-14(2,3)6-10(17)20-9-7-15-5-4-8(16)11(15)13(19)12(9)18/h8-9,11-13,16,18-19H,4-7H2,1-3H3/t8-,9-,11?,12+,13+/m0/s1. The molecule has 2 fully saturated rings. The highest BCUT2D eigenvalue weighted by atomic mass is 16.6. The van der Waals surface area contributed by atoms with Crippen molar-refractivity contribution >= 4 is 5.97 Å². The number of fused-ring (bicyclic) bond motifs is 1. The molecule has 1 unspecified atom stereocenters. The highest BCUT2D eigenvalue weighted by Gasteiger charge is 2.49. The molecule has 5 atom stereocenters. The van der Waals surface area contributed by atoms with Gasteiger partial charge in [0.2, 0.25) is 0 Å². The van der Waals surface area contributed by atoms with Gasteiger partial charge in [-0.3, -0.25) is 9.69 Å². The molecule has 116 valence electrons. The molecular formula is C14H25NO5. The minimum absolute atomic E-state index is 0.179. The van der Waals surface area contributed by atoms with Gasteiger partial charge in [0, 0.05) is 13.1 Å². The zero-order valence-corrected chi connectivity index (χ0v) is 12.3.